The van der Waals surface area contributed by atoms with Crippen LogP contribution in [0.25, 0.3) is 11.3 Å². The summed E-state index contributed by atoms with van der Waals surface area (Å²) in [5, 5.41) is 9.49. The minimum Gasteiger partial charge on any atom is -0.395 e. The average Bonchev–Trinajstić information content (AvgIpc) is 3.52. The van der Waals surface area contributed by atoms with Crippen molar-refractivity contribution < 1.29 is 18.7 Å². The highest BCUT2D eigenvalue weighted by molar-refractivity contribution is 5.75. The zero-order valence-corrected chi connectivity index (χ0v) is 25.9. The average molecular weight is 620 g/mol. The maximum absolute atomic E-state index is 15.2. The number of hydrogen-bond acceptors (Lipinski definition) is 5. The van der Waals surface area contributed by atoms with Gasteiger partial charge in [0.05, 0.1) is 12.6 Å². The lowest BCUT2D eigenvalue weighted by Crippen LogP contribution is -2.64. The molecule has 1 aromatic heterocycles. The van der Waals surface area contributed by atoms with E-state index < -0.39 is 17.7 Å². The van der Waals surface area contributed by atoms with Gasteiger partial charge in [-0.15, -0.1) is 0 Å². The molecule has 45 heavy (non-hydrogen) atoms. The van der Waals surface area contributed by atoms with Crippen molar-refractivity contribution in [1.82, 2.24) is 24.6 Å². The molecule has 6 rings (SSSR count). The van der Waals surface area contributed by atoms with Gasteiger partial charge in [-0.1, -0.05) is 49.2 Å². The van der Waals surface area contributed by atoms with Crippen molar-refractivity contribution in [3.8, 4) is 11.3 Å². The molecule has 0 radical (unpaired) electrons. The largest absolute Gasteiger partial charge is 0.395 e. The number of aliphatic hydroxyl groups excluding tert-OH is 1. The van der Waals surface area contributed by atoms with Gasteiger partial charge in [0.2, 0.25) is 0 Å². The van der Waals surface area contributed by atoms with Crippen LogP contribution < -0.4 is 5.56 Å². The van der Waals surface area contributed by atoms with Gasteiger partial charge in [-0.05, 0) is 62.6 Å². The molecule has 3 fully saturated rings. The Kier molecular flexibility index (Phi) is 9.35. The summed E-state index contributed by atoms with van der Waals surface area (Å²) >= 11 is 0. The van der Waals surface area contributed by atoms with Crippen molar-refractivity contribution in [1.29, 1.82) is 0 Å². The standard InChI is InChI=1S/C35H43F2N5O3/c1-39(19-20-43)28-13-16-42(32(22-28)29-21-27(36)10-11-30(29)37)34(45)40-17-18-41(35(24-40)14-5-6-15-35)23-26-9-12-31(38-33(26)44)25-7-3-2-4-8-25/h2-4,7-12,21,28,32,43H,5-6,13-20,22-24H2,1H3,(H,38,44). The van der Waals surface area contributed by atoms with Gasteiger partial charge in [0.15, 0.2) is 0 Å². The van der Waals surface area contributed by atoms with Gasteiger partial charge in [0.1, 0.15) is 11.6 Å². The Bertz CT molecular complexity index is 1540. The number of carbonyl (C=O) groups excluding carboxylic acids is 1. The zero-order chi connectivity index (χ0) is 31.6. The summed E-state index contributed by atoms with van der Waals surface area (Å²) in [7, 11) is 1.92. The number of nitrogens with zero attached hydrogens (tertiary/aromatic N) is 4. The molecular weight excluding hydrogens is 576 g/mol. The number of likely N-dealkylation sites (N-methyl/N-ethyl adjacent to an activating group) is 1. The monoisotopic (exact) mass is 619 g/mol. The van der Waals surface area contributed by atoms with Crippen LogP contribution >= 0.6 is 0 Å². The number of nitrogens with one attached hydrogen (secondary N) is 1. The molecule has 3 aliphatic rings. The lowest BCUT2D eigenvalue weighted by Gasteiger charge is -2.51. The summed E-state index contributed by atoms with van der Waals surface area (Å²) in [5.74, 6) is -1.06. The predicted molar refractivity (Wildman–Crippen MR) is 170 cm³/mol. The number of amides is 2. The van der Waals surface area contributed by atoms with Gasteiger partial charge in [-0.25, -0.2) is 13.6 Å². The number of hydrogen-bond donors (Lipinski definition) is 2. The van der Waals surface area contributed by atoms with Crippen LogP contribution in [-0.4, -0.2) is 93.7 Å². The smallest absolute Gasteiger partial charge is 0.320 e. The van der Waals surface area contributed by atoms with Crippen LogP contribution in [0.3, 0.4) is 0 Å². The molecule has 2 aromatic carbocycles. The number of aromatic nitrogens is 1. The van der Waals surface area contributed by atoms with Gasteiger partial charge in [0, 0.05) is 67.7 Å². The number of carbonyl (C=O) groups is 1. The van der Waals surface area contributed by atoms with E-state index in [9.17, 15) is 19.1 Å². The van der Waals surface area contributed by atoms with Crippen LogP contribution in [0.1, 0.15) is 55.7 Å². The van der Waals surface area contributed by atoms with Gasteiger partial charge in [-0.2, -0.15) is 0 Å². The second kappa shape index (κ2) is 13.4. The third kappa shape index (κ3) is 6.55. The molecule has 2 saturated heterocycles. The van der Waals surface area contributed by atoms with Crippen LogP contribution in [0.4, 0.5) is 13.6 Å². The minimum atomic E-state index is -0.618. The SMILES string of the molecule is CN(CCO)C1CCN(C(=O)N2CCN(Cc3ccc(-c4ccccc4)[nH]c3=O)C3(CCCC3)C2)C(c2cc(F)ccc2F)C1. The Balaban J connectivity index is 1.21. The number of benzene rings is 2. The number of urea groups is 1. The van der Waals surface area contributed by atoms with Crippen molar-refractivity contribution in [2.24, 2.45) is 0 Å². The molecule has 3 aromatic rings. The van der Waals surface area contributed by atoms with Crippen molar-refractivity contribution in [2.45, 2.75) is 62.7 Å². The molecule has 2 atom stereocenters. The number of rotatable bonds is 7. The van der Waals surface area contributed by atoms with Crippen LogP contribution in [0.15, 0.2) is 65.5 Å². The van der Waals surface area contributed by atoms with Gasteiger partial charge in [0.25, 0.3) is 5.56 Å². The molecule has 2 N–H and O–H groups in total. The van der Waals surface area contributed by atoms with Crippen LogP contribution in [0.2, 0.25) is 0 Å². The first-order chi connectivity index (χ1) is 21.8. The molecule has 2 unspecified atom stereocenters. The lowest BCUT2D eigenvalue weighted by molar-refractivity contribution is -0.00502. The number of piperazine rings is 1. The molecule has 1 saturated carbocycles. The van der Waals surface area contributed by atoms with E-state index in [0.717, 1.165) is 49.1 Å². The zero-order valence-electron chi connectivity index (χ0n) is 25.9. The molecule has 2 aliphatic heterocycles. The normalized spacial score (nSPS) is 22.0. The minimum absolute atomic E-state index is 0.00400. The third-order valence-electron chi connectivity index (χ3n) is 10.3. The predicted octanol–water partition coefficient (Wildman–Crippen LogP) is 5.00. The Morgan fingerprint density at radius 2 is 1.82 bits per heavy atom. The van der Waals surface area contributed by atoms with E-state index in [-0.39, 0.29) is 35.3 Å². The maximum atomic E-state index is 15.2. The third-order valence-corrected chi connectivity index (χ3v) is 10.3. The van der Waals surface area contributed by atoms with Gasteiger partial charge < -0.3 is 24.8 Å². The van der Waals surface area contributed by atoms with E-state index in [1.807, 2.05) is 59.3 Å². The number of H-pyrrole nitrogens is 1. The van der Waals surface area contributed by atoms with E-state index in [1.165, 1.54) is 6.07 Å². The van der Waals surface area contributed by atoms with Crippen molar-refractivity contribution in [3.63, 3.8) is 0 Å². The molecule has 240 valence electrons. The second-order valence-corrected chi connectivity index (χ2v) is 12.9. The fourth-order valence-corrected chi connectivity index (χ4v) is 7.71. The first-order valence-electron chi connectivity index (χ1n) is 16.1. The summed E-state index contributed by atoms with van der Waals surface area (Å²) in [6.07, 6.45) is 5.13. The fraction of sp³-hybridized carbons (Fsp3) is 0.486. The summed E-state index contributed by atoms with van der Waals surface area (Å²) < 4.78 is 29.5. The van der Waals surface area contributed by atoms with E-state index in [2.05, 4.69) is 9.88 Å². The first-order valence-corrected chi connectivity index (χ1v) is 16.1. The van der Waals surface area contributed by atoms with E-state index in [4.69, 9.17) is 0 Å². The summed E-state index contributed by atoms with van der Waals surface area (Å²) in [6, 6.07) is 16.4. The van der Waals surface area contributed by atoms with Gasteiger partial charge >= 0.3 is 6.03 Å². The highest BCUT2D eigenvalue weighted by Gasteiger charge is 2.47. The van der Waals surface area contributed by atoms with Crippen molar-refractivity contribution >= 4 is 6.03 Å². The van der Waals surface area contributed by atoms with E-state index >= 15 is 4.39 Å². The maximum Gasteiger partial charge on any atom is 0.320 e. The highest BCUT2D eigenvalue weighted by atomic mass is 19.1. The second-order valence-electron chi connectivity index (χ2n) is 12.9. The molecule has 2 amide bonds. The van der Waals surface area contributed by atoms with Crippen LogP contribution in [0.5, 0.6) is 0 Å². The lowest BCUT2D eigenvalue weighted by atomic mass is 9.89. The van der Waals surface area contributed by atoms with E-state index in [0.29, 0.717) is 57.7 Å². The Labute approximate surface area is 263 Å². The van der Waals surface area contributed by atoms with Crippen LogP contribution in [-0.2, 0) is 6.54 Å². The molecule has 1 aliphatic carbocycles. The van der Waals surface area contributed by atoms with E-state index in [1.54, 1.807) is 4.90 Å². The van der Waals surface area contributed by atoms with Gasteiger partial charge in [-0.3, -0.25) is 9.69 Å². The van der Waals surface area contributed by atoms with Crippen molar-refractivity contribution in [2.75, 3.05) is 46.4 Å². The Morgan fingerprint density at radius 3 is 2.56 bits per heavy atom. The quantitative estimate of drug-likeness (QED) is 0.389. The fourth-order valence-electron chi connectivity index (χ4n) is 7.71. The number of pyridine rings is 1. The number of aliphatic hydroxyl groups is 1. The Hall–Kier alpha value is -3.60. The molecule has 8 nitrogen and oxygen atoms in total. The topological polar surface area (TPSA) is 83.1 Å². The number of aromatic amines is 1. The molecule has 1 spiro atoms. The Morgan fingerprint density at radius 1 is 1.04 bits per heavy atom. The number of halogens is 2. The molecular formula is C35H43F2N5O3. The number of piperidine rings is 1. The summed E-state index contributed by atoms with van der Waals surface area (Å²) in [4.78, 5) is 38.5. The highest BCUT2D eigenvalue weighted by Crippen LogP contribution is 2.41. The van der Waals surface area contributed by atoms with Crippen LogP contribution in [0, 0.1) is 11.6 Å². The molecule has 0 bridgehead atoms. The number of likely N-dealkylation sites (tertiary alicyclic amines) is 1. The molecule has 10 heteroatoms. The summed E-state index contributed by atoms with van der Waals surface area (Å²) in [5.41, 5.74) is 2.30. The molecule has 3 heterocycles. The first kappa shape index (κ1) is 31.4. The summed E-state index contributed by atoms with van der Waals surface area (Å²) in [6.45, 7) is 3.05. The van der Waals surface area contributed by atoms with Crippen molar-refractivity contribution in [3.05, 3.63) is 93.8 Å².